The summed E-state index contributed by atoms with van der Waals surface area (Å²) in [5, 5.41) is 3.71. The zero-order chi connectivity index (χ0) is 26.6. The third-order valence-electron chi connectivity index (χ3n) is 7.45. The molecule has 0 aliphatic carbocycles. The van der Waals surface area contributed by atoms with Crippen molar-refractivity contribution in [2.24, 2.45) is 0 Å². The highest BCUT2D eigenvalue weighted by molar-refractivity contribution is 6.30. The summed E-state index contributed by atoms with van der Waals surface area (Å²) in [6, 6.07) is 20.8. The second-order valence-corrected chi connectivity index (χ2v) is 10.6. The van der Waals surface area contributed by atoms with Crippen molar-refractivity contribution < 1.29 is 9.53 Å². The number of aromatic nitrogens is 2. The molecule has 2 aliphatic rings. The van der Waals surface area contributed by atoms with Crippen LogP contribution in [-0.2, 0) is 0 Å². The van der Waals surface area contributed by atoms with Gasteiger partial charge in [-0.05, 0) is 92.4 Å². The minimum absolute atomic E-state index is 0.174. The molecule has 2 fully saturated rings. The molecule has 0 atom stereocenters. The average Bonchev–Trinajstić information content (AvgIpc) is 3.68. The van der Waals surface area contributed by atoms with E-state index in [0.29, 0.717) is 28.8 Å². The van der Waals surface area contributed by atoms with Crippen molar-refractivity contribution >= 4 is 40.0 Å². The Kier molecular flexibility index (Phi) is 7.61. The Labute approximate surface area is 233 Å². The van der Waals surface area contributed by atoms with E-state index in [1.807, 2.05) is 66.7 Å². The van der Waals surface area contributed by atoms with Gasteiger partial charge in [0.1, 0.15) is 6.61 Å². The zero-order valence-electron chi connectivity index (χ0n) is 21.9. The maximum absolute atomic E-state index is 13.0. The van der Waals surface area contributed by atoms with Crippen molar-refractivity contribution in [2.75, 3.05) is 49.5 Å². The molecule has 8 heteroatoms. The Morgan fingerprint density at radius 3 is 2.21 bits per heavy atom. The first-order valence-electron chi connectivity index (χ1n) is 13.7. The van der Waals surface area contributed by atoms with Gasteiger partial charge in [0.15, 0.2) is 5.82 Å². The number of likely N-dealkylation sites (tertiary alicyclic amines) is 1. The van der Waals surface area contributed by atoms with E-state index in [9.17, 15) is 4.79 Å². The van der Waals surface area contributed by atoms with Crippen LogP contribution in [0, 0.1) is 0 Å². The Morgan fingerprint density at radius 1 is 0.821 bits per heavy atom. The molecule has 0 radical (unpaired) electrons. The maximum Gasteiger partial charge on any atom is 0.258 e. The molecule has 1 N–H and O–H groups in total. The summed E-state index contributed by atoms with van der Waals surface area (Å²) in [5.74, 6) is 1.22. The lowest BCUT2D eigenvalue weighted by Gasteiger charge is -2.21. The number of hydrogen-bond donors (Lipinski definition) is 1. The summed E-state index contributed by atoms with van der Waals surface area (Å²) >= 11 is 6.00. The van der Waals surface area contributed by atoms with Crippen LogP contribution in [0.5, 0.6) is 5.88 Å². The number of nitrogens with zero attached hydrogens (tertiary/aromatic N) is 4. The number of anilines is 2. The standard InChI is InChI=1S/C31H32ClN5O2/c32-25-11-9-23(10-12-25)22-5-7-24(8-6-22)30(38)33-26-13-14-27-28(21-26)34-29(37-17-3-4-18-37)31(35-27)39-20-19-36-15-1-2-16-36/h5-14,21H,1-4,15-20H2,(H,33,38). The number of fused-ring (bicyclic) bond motifs is 1. The molecular weight excluding hydrogens is 510 g/mol. The summed E-state index contributed by atoms with van der Waals surface area (Å²) in [4.78, 5) is 27.5. The number of halogens is 1. The van der Waals surface area contributed by atoms with E-state index in [4.69, 9.17) is 26.3 Å². The van der Waals surface area contributed by atoms with Gasteiger partial charge in [-0.1, -0.05) is 35.9 Å². The largest absolute Gasteiger partial charge is 0.474 e. The smallest absolute Gasteiger partial charge is 0.258 e. The molecular formula is C31H32ClN5O2. The lowest BCUT2D eigenvalue weighted by molar-refractivity contribution is 0.102. The highest BCUT2D eigenvalue weighted by Gasteiger charge is 2.21. The first-order valence-corrected chi connectivity index (χ1v) is 14.1. The Morgan fingerprint density at radius 2 is 1.49 bits per heavy atom. The van der Waals surface area contributed by atoms with E-state index in [1.54, 1.807) is 0 Å². The summed E-state index contributed by atoms with van der Waals surface area (Å²) in [6.07, 6.45) is 4.81. The number of carbonyl (C=O) groups excluding carboxylic acids is 1. The number of hydrogen-bond acceptors (Lipinski definition) is 6. The van der Waals surface area contributed by atoms with Crippen LogP contribution in [0.2, 0.25) is 5.02 Å². The zero-order valence-corrected chi connectivity index (χ0v) is 22.7. The van der Waals surface area contributed by atoms with Crippen molar-refractivity contribution in [3.8, 4) is 17.0 Å². The van der Waals surface area contributed by atoms with Crippen LogP contribution in [0.15, 0.2) is 66.7 Å². The molecule has 3 heterocycles. The normalized spacial score (nSPS) is 15.7. The lowest BCUT2D eigenvalue weighted by Crippen LogP contribution is -2.26. The van der Waals surface area contributed by atoms with Gasteiger partial charge >= 0.3 is 0 Å². The van der Waals surface area contributed by atoms with Crippen LogP contribution in [-0.4, -0.2) is 60.1 Å². The van der Waals surface area contributed by atoms with E-state index in [0.717, 1.165) is 73.5 Å². The Balaban J connectivity index is 1.18. The minimum Gasteiger partial charge on any atom is -0.474 e. The first-order chi connectivity index (χ1) is 19.1. The quantitative estimate of drug-likeness (QED) is 0.283. The highest BCUT2D eigenvalue weighted by Crippen LogP contribution is 2.31. The van der Waals surface area contributed by atoms with E-state index in [1.165, 1.54) is 12.8 Å². The number of ether oxygens (including phenoxy) is 1. The Bertz CT molecular complexity index is 1450. The van der Waals surface area contributed by atoms with Crippen molar-refractivity contribution in [3.05, 3.63) is 77.3 Å². The minimum atomic E-state index is -0.174. The Hall–Kier alpha value is -3.68. The molecule has 0 saturated carbocycles. The van der Waals surface area contributed by atoms with Gasteiger partial charge in [0.05, 0.1) is 11.0 Å². The summed E-state index contributed by atoms with van der Waals surface area (Å²) in [6.45, 7) is 5.70. The molecule has 7 nitrogen and oxygen atoms in total. The summed E-state index contributed by atoms with van der Waals surface area (Å²) < 4.78 is 6.19. The predicted molar refractivity (Wildman–Crippen MR) is 157 cm³/mol. The van der Waals surface area contributed by atoms with Crippen LogP contribution >= 0.6 is 11.6 Å². The first kappa shape index (κ1) is 25.6. The van der Waals surface area contributed by atoms with Gasteiger partial charge in [-0.3, -0.25) is 9.69 Å². The number of carbonyl (C=O) groups is 1. The second-order valence-electron chi connectivity index (χ2n) is 10.2. The van der Waals surface area contributed by atoms with Gasteiger partial charge in [-0.2, -0.15) is 0 Å². The van der Waals surface area contributed by atoms with Crippen molar-refractivity contribution in [3.63, 3.8) is 0 Å². The van der Waals surface area contributed by atoms with E-state index >= 15 is 0 Å². The molecule has 1 aromatic heterocycles. The summed E-state index contributed by atoms with van der Waals surface area (Å²) in [7, 11) is 0. The second kappa shape index (κ2) is 11.6. The molecule has 6 rings (SSSR count). The fraction of sp³-hybridized carbons (Fsp3) is 0.323. The van der Waals surface area contributed by atoms with E-state index < -0.39 is 0 Å². The number of rotatable bonds is 8. The van der Waals surface area contributed by atoms with E-state index in [-0.39, 0.29) is 5.91 Å². The summed E-state index contributed by atoms with van der Waals surface area (Å²) in [5.41, 5.74) is 4.82. The van der Waals surface area contributed by atoms with Crippen molar-refractivity contribution in [2.45, 2.75) is 25.7 Å². The number of nitrogens with one attached hydrogen (secondary N) is 1. The lowest BCUT2D eigenvalue weighted by atomic mass is 10.0. The monoisotopic (exact) mass is 541 g/mol. The molecule has 2 aliphatic heterocycles. The number of amides is 1. The van der Waals surface area contributed by atoms with Gasteiger partial charge in [0.2, 0.25) is 0 Å². The molecule has 3 aromatic carbocycles. The van der Waals surface area contributed by atoms with Crippen LogP contribution in [0.25, 0.3) is 22.2 Å². The molecule has 0 spiro atoms. The molecule has 0 bridgehead atoms. The van der Waals surface area contributed by atoms with Crippen molar-refractivity contribution in [1.82, 2.24) is 14.9 Å². The van der Waals surface area contributed by atoms with Crippen molar-refractivity contribution in [1.29, 1.82) is 0 Å². The van der Waals surface area contributed by atoms with E-state index in [2.05, 4.69) is 15.1 Å². The predicted octanol–water partition coefficient (Wildman–Crippen LogP) is 6.28. The molecule has 2 saturated heterocycles. The topological polar surface area (TPSA) is 70.6 Å². The average molecular weight is 542 g/mol. The van der Waals surface area contributed by atoms with Gasteiger partial charge < -0.3 is 15.0 Å². The van der Waals surface area contributed by atoms with Crippen LogP contribution in [0.4, 0.5) is 11.5 Å². The fourth-order valence-electron chi connectivity index (χ4n) is 5.28. The van der Waals surface area contributed by atoms with Crippen LogP contribution < -0.4 is 15.0 Å². The number of benzene rings is 3. The molecule has 200 valence electrons. The molecule has 1 amide bonds. The third kappa shape index (κ3) is 6.00. The maximum atomic E-state index is 13.0. The molecule has 4 aromatic rings. The van der Waals surface area contributed by atoms with Gasteiger partial charge in [0.25, 0.3) is 11.8 Å². The van der Waals surface area contributed by atoms with Gasteiger partial charge in [-0.15, -0.1) is 0 Å². The molecule has 39 heavy (non-hydrogen) atoms. The third-order valence-corrected chi connectivity index (χ3v) is 7.70. The molecule has 0 unspecified atom stereocenters. The highest BCUT2D eigenvalue weighted by atomic mass is 35.5. The fourth-order valence-corrected chi connectivity index (χ4v) is 5.40. The SMILES string of the molecule is O=C(Nc1ccc2nc(OCCN3CCCC3)c(N3CCCC3)nc2c1)c1ccc(-c2ccc(Cl)cc2)cc1. The van der Waals surface area contributed by atoms with Crippen LogP contribution in [0.1, 0.15) is 36.0 Å². The van der Waals surface area contributed by atoms with Gasteiger partial charge in [-0.25, -0.2) is 9.97 Å². The van der Waals surface area contributed by atoms with Crippen LogP contribution in [0.3, 0.4) is 0 Å². The van der Waals surface area contributed by atoms with Gasteiger partial charge in [0, 0.05) is 35.9 Å².